The first-order chi connectivity index (χ1) is 9.62. The molecule has 0 aliphatic rings. The van der Waals surface area contributed by atoms with Gasteiger partial charge >= 0.3 is 0 Å². The van der Waals surface area contributed by atoms with Crippen molar-refractivity contribution < 1.29 is 4.74 Å². The molecule has 0 aliphatic carbocycles. The molecule has 106 valence electrons. The lowest BCUT2D eigenvalue weighted by atomic mass is 10.2. The van der Waals surface area contributed by atoms with Gasteiger partial charge in [0.2, 0.25) is 5.88 Å². The number of aryl methyl sites for hydroxylation is 2. The Balaban J connectivity index is 2.27. The average molecular weight is 336 g/mol. The van der Waals surface area contributed by atoms with Crippen molar-refractivity contribution in [1.82, 2.24) is 9.97 Å². The maximum atomic E-state index is 5.83. The predicted octanol–water partition coefficient (Wildman–Crippen LogP) is 4.33. The second kappa shape index (κ2) is 6.70. The van der Waals surface area contributed by atoms with Crippen molar-refractivity contribution >= 4 is 21.7 Å². The highest BCUT2D eigenvalue weighted by Crippen LogP contribution is 2.26. The molecule has 2 rings (SSSR count). The molecule has 1 heterocycles. The Morgan fingerprint density at radius 2 is 2.05 bits per heavy atom. The Morgan fingerprint density at radius 1 is 1.25 bits per heavy atom. The second-order valence-corrected chi connectivity index (χ2v) is 5.38. The van der Waals surface area contributed by atoms with E-state index in [9.17, 15) is 0 Å². The summed E-state index contributed by atoms with van der Waals surface area (Å²) in [7, 11) is 1.84. The molecular formula is C15H18BrN3O. The summed E-state index contributed by atoms with van der Waals surface area (Å²) < 4.78 is 6.90. The van der Waals surface area contributed by atoms with Gasteiger partial charge < -0.3 is 10.1 Å². The Morgan fingerprint density at radius 3 is 2.70 bits per heavy atom. The van der Waals surface area contributed by atoms with Crippen LogP contribution in [0.4, 0.5) is 5.82 Å². The Kier molecular flexibility index (Phi) is 4.95. The fourth-order valence-corrected chi connectivity index (χ4v) is 2.04. The van der Waals surface area contributed by atoms with Crippen LogP contribution in [0.2, 0.25) is 0 Å². The zero-order valence-corrected chi connectivity index (χ0v) is 13.5. The van der Waals surface area contributed by atoms with Crippen molar-refractivity contribution in [2.24, 2.45) is 0 Å². The van der Waals surface area contributed by atoms with Crippen molar-refractivity contribution in [2.45, 2.75) is 26.7 Å². The van der Waals surface area contributed by atoms with E-state index in [1.165, 1.54) is 0 Å². The number of benzene rings is 1. The lowest BCUT2D eigenvalue weighted by Crippen LogP contribution is -2.01. The van der Waals surface area contributed by atoms with E-state index in [4.69, 9.17) is 4.74 Å². The number of hydrogen-bond acceptors (Lipinski definition) is 4. The molecule has 4 nitrogen and oxygen atoms in total. The molecule has 0 atom stereocenters. The normalized spacial score (nSPS) is 10.4. The van der Waals surface area contributed by atoms with Gasteiger partial charge in [-0.05, 0) is 37.1 Å². The van der Waals surface area contributed by atoms with Gasteiger partial charge in [0.1, 0.15) is 17.4 Å². The standard InChI is InChI=1S/C15H18BrN3O/c1-4-5-13-18-14(17-3)9-15(19-13)20-11-6-7-12(16)10(2)8-11/h6-9H,4-5H2,1-3H3,(H,17,18,19). The maximum Gasteiger partial charge on any atom is 0.224 e. The Hall–Kier alpha value is -1.62. The smallest absolute Gasteiger partial charge is 0.224 e. The minimum atomic E-state index is 0.564. The van der Waals surface area contributed by atoms with Gasteiger partial charge in [-0.2, -0.15) is 4.98 Å². The summed E-state index contributed by atoms with van der Waals surface area (Å²) in [6.45, 7) is 4.13. The third kappa shape index (κ3) is 3.70. The van der Waals surface area contributed by atoms with Crippen LogP contribution in [-0.4, -0.2) is 17.0 Å². The van der Waals surface area contributed by atoms with Crippen LogP contribution < -0.4 is 10.1 Å². The van der Waals surface area contributed by atoms with Crippen LogP contribution in [0.15, 0.2) is 28.7 Å². The number of rotatable bonds is 5. The monoisotopic (exact) mass is 335 g/mol. The molecule has 0 aliphatic heterocycles. The number of aromatic nitrogens is 2. The van der Waals surface area contributed by atoms with Gasteiger partial charge in [-0.25, -0.2) is 4.98 Å². The summed E-state index contributed by atoms with van der Waals surface area (Å²) >= 11 is 3.48. The minimum Gasteiger partial charge on any atom is -0.439 e. The van der Waals surface area contributed by atoms with Crippen molar-refractivity contribution in [1.29, 1.82) is 0 Å². The summed E-state index contributed by atoms with van der Waals surface area (Å²) in [6, 6.07) is 7.66. The van der Waals surface area contributed by atoms with E-state index in [0.29, 0.717) is 5.88 Å². The average Bonchev–Trinajstić information content (AvgIpc) is 2.43. The van der Waals surface area contributed by atoms with E-state index in [1.54, 1.807) is 6.07 Å². The van der Waals surface area contributed by atoms with Crippen molar-refractivity contribution in [3.8, 4) is 11.6 Å². The Bertz CT molecular complexity index is 602. The molecular weight excluding hydrogens is 318 g/mol. The molecule has 0 saturated carbocycles. The van der Waals surface area contributed by atoms with Crippen LogP contribution in [0.1, 0.15) is 24.7 Å². The van der Waals surface area contributed by atoms with Gasteiger partial charge in [0.05, 0.1) is 0 Å². The van der Waals surface area contributed by atoms with Gasteiger partial charge in [0.25, 0.3) is 0 Å². The van der Waals surface area contributed by atoms with E-state index in [0.717, 1.165) is 40.3 Å². The maximum absolute atomic E-state index is 5.83. The largest absolute Gasteiger partial charge is 0.439 e. The Labute approximate surface area is 127 Å². The molecule has 1 N–H and O–H groups in total. The molecule has 0 spiro atoms. The third-order valence-corrected chi connectivity index (χ3v) is 3.72. The van der Waals surface area contributed by atoms with Gasteiger partial charge in [-0.1, -0.05) is 22.9 Å². The fraction of sp³-hybridized carbons (Fsp3) is 0.333. The van der Waals surface area contributed by atoms with Crippen molar-refractivity contribution in [3.63, 3.8) is 0 Å². The molecule has 1 aromatic heterocycles. The number of nitrogens with one attached hydrogen (secondary N) is 1. The SMILES string of the molecule is CCCc1nc(NC)cc(Oc2ccc(Br)c(C)c2)n1. The number of nitrogens with zero attached hydrogens (tertiary/aromatic N) is 2. The van der Waals surface area contributed by atoms with Gasteiger partial charge in [0.15, 0.2) is 0 Å². The summed E-state index contributed by atoms with van der Waals surface area (Å²) in [5.41, 5.74) is 1.12. The summed E-state index contributed by atoms with van der Waals surface area (Å²) in [5, 5.41) is 3.03. The zero-order chi connectivity index (χ0) is 14.5. The molecule has 0 saturated heterocycles. The summed E-state index contributed by atoms with van der Waals surface area (Å²) in [6.07, 6.45) is 1.84. The quantitative estimate of drug-likeness (QED) is 0.883. The highest BCUT2D eigenvalue weighted by molar-refractivity contribution is 9.10. The van der Waals surface area contributed by atoms with E-state index in [2.05, 4.69) is 38.1 Å². The van der Waals surface area contributed by atoms with Crippen LogP contribution in [0.5, 0.6) is 11.6 Å². The molecule has 0 unspecified atom stereocenters. The van der Waals surface area contributed by atoms with Crippen LogP contribution in [0, 0.1) is 6.92 Å². The lowest BCUT2D eigenvalue weighted by molar-refractivity contribution is 0.458. The minimum absolute atomic E-state index is 0.564. The highest BCUT2D eigenvalue weighted by Gasteiger charge is 2.06. The zero-order valence-electron chi connectivity index (χ0n) is 11.9. The molecule has 2 aromatic rings. The van der Waals surface area contributed by atoms with Gasteiger partial charge in [-0.3, -0.25) is 0 Å². The lowest BCUT2D eigenvalue weighted by Gasteiger charge is -2.09. The molecule has 20 heavy (non-hydrogen) atoms. The number of halogens is 1. The topological polar surface area (TPSA) is 47.0 Å². The predicted molar refractivity (Wildman–Crippen MR) is 84.5 cm³/mol. The fourth-order valence-electron chi connectivity index (χ4n) is 1.79. The number of hydrogen-bond donors (Lipinski definition) is 1. The molecule has 0 bridgehead atoms. The van der Waals surface area contributed by atoms with Gasteiger partial charge in [0, 0.05) is 24.0 Å². The second-order valence-electron chi connectivity index (χ2n) is 4.52. The first-order valence-electron chi connectivity index (χ1n) is 6.62. The van der Waals surface area contributed by atoms with Crippen LogP contribution >= 0.6 is 15.9 Å². The van der Waals surface area contributed by atoms with E-state index >= 15 is 0 Å². The molecule has 0 radical (unpaired) electrons. The molecule has 0 fully saturated rings. The van der Waals surface area contributed by atoms with Gasteiger partial charge in [-0.15, -0.1) is 0 Å². The van der Waals surface area contributed by atoms with E-state index in [-0.39, 0.29) is 0 Å². The van der Waals surface area contributed by atoms with Crippen LogP contribution in [-0.2, 0) is 6.42 Å². The molecule has 1 aromatic carbocycles. The van der Waals surface area contributed by atoms with Crippen LogP contribution in [0.25, 0.3) is 0 Å². The van der Waals surface area contributed by atoms with E-state index in [1.807, 2.05) is 32.2 Å². The van der Waals surface area contributed by atoms with Crippen molar-refractivity contribution in [3.05, 3.63) is 40.1 Å². The summed E-state index contributed by atoms with van der Waals surface area (Å²) in [5.74, 6) is 2.90. The van der Waals surface area contributed by atoms with Crippen LogP contribution in [0.3, 0.4) is 0 Å². The number of ether oxygens (including phenoxy) is 1. The third-order valence-electron chi connectivity index (χ3n) is 2.83. The number of anilines is 1. The molecule has 5 heteroatoms. The first kappa shape index (κ1) is 14.8. The first-order valence-corrected chi connectivity index (χ1v) is 7.41. The molecule has 0 amide bonds. The van der Waals surface area contributed by atoms with E-state index < -0.39 is 0 Å². The summed E-state index contributed by atoms with van der Waals surface area (Å²) in [4.78, 5) is 8.84. The van der Waals surface area contributed by atoms with Crippen molar-refractivity contribution in [2.75, 3.05) is 12.4 Å². The highest BCUT2D eigenvalue weighted by atomic mass is 79.9.